The van der Waals surface area contributed by atoms with E-state index in [4.69, 9.17) is 0 Å². The first kappa shape index (κ1) is 26.8. The number of hydrogen-bond donors (Lipinski definition) is 2. The average Bonchev–Trinajstić information content (AvgIpc) is 2.86. The van der Waals surface area contributed by atoms with Crippen molar-refractivity contribution in [2.45, 2.75) is 86.5 Å². The van der Waals surface area contributed by atoms with E-state index < -0.39 is 10.8 Å². The summed E-state index contributed by atoms with van der Waals surface area (Å²) in [5.74, 6) is -0.865. The van der Waals surface area contributed by atoms with Gasteiger partial charge in [0.1, 0.15) is 6.07 Å². The van der Waals surface area contributed by atoms with Gasteiger partial charge in [0.05, 0.1) is 11.0 Å². The summed E-state index contributed by atoms with van der Waals surface area (Å²) in [4.78, 5) is 51.9. The van der Waals surface area contributed by atoms with Crippen LogP contribution < -0.4 is 10.9 Å². The van der Waals surface area contributed by atoms with Gasteiger partial charge in [-0.2, -0.15) is 5.26 Å². The Kier molecular flexibility index (Phi) is 5.91. The van der Waals surface area contributed by atoms with Crippen LogP contribution in [-0.2, 0) is 19.2 Å². The first-order valence-corrected chi connectivity index (χ1v) is 14.1. The molecule has 204 valence electrons. The summed E-state index contributed by atoms with van der Waals surface area (Å²) in [7, 11) is 0. The molecule has 5 aliphatic carbocycles. The van der Waals surface area contributed by atoms with Crippen molar-refractivity contribution in [3.05, 3.63) is 23.3 Å². The van der Waals surface area contributed by atoms with Crippen molar-refractivity contribution in [2.24, 2.45) is 50.7 Å². The average molecular weight is 520 g/mol. The zero-order valence-electron chi connectivity index (χ0n) is 23.6. The largest absolute Gasteiger partial charge is 0.295 e. The number of carbonyl (C=O) groups is 4. The van der Waals surface area contributed by atoms with Gasteiger partial charge in [-0.25, -0.2) is 0 Å². The number of hydrogen-bond acceptors (Lipinski definition) is 5. The number of hydrazine groups is 1. The maximum Gasteiger partial charge on any atom is 0.244 e. The number of carbonyl (C=O) groups excluding carboxylic acids is 4. The molecule has 3 saturated carbocycles. The minimum Gasteiger partial charge on any atom is -0.295 e. The van der Waals surface area contributed by atoms with E-state index in [1.807, 2.05) is 19.1 Å². The van der Waals surface area contributed by atoms with Crippen molar-refractivity contribution < 1.29 is 19.2 Å². The minimum absolute atomic E-state index is 0.00317. The Labute approximate surface area is 225 Å². The molecule has 5 aliphatic rings. The molecular weight excluding hydrogens is 478 g/mol. The van der Waals surface area contributed by atoms with E-state index >= 15 is 0 Å². The summed E-state index contributed by atoms with van der Waals surface area (Å²) in [5.41, 5.74) is 4.33. The fourth-order valence-electron chi connectivity index (χ4n) is 9.87. The molecule has 2 N–H and O–H groups in total. The second-order valence-electron chi connectivity index (χ2n) is 14.3. The van der Waals surface area contributed by atoms with Crippen LogP contribution in [0.1, 0.15) is 86.5 Å². The van der Waals surface area contributed by atoms with Gasteiger partial charge in [0.25, 0.3) is 0 Å². The number of fused-ring (bicyclic) bond motifs is 7. The van der Waals surface area contributed by atoms with Crippen LogP contribution >= 0.6 is 0 Å². The third-order valence-corrected chi connectivity index (χ3v) is 12.2. The van der Waals surface area contributed by atoms with E-state index in [9.17, 15) is 24.4 Å². The number of ketones is 2. The summed E-state index contributed by atoms with van der Waals surface area (Å²) in [5, 5.41) is 9.76. The van der Waals surface area contributed by atoms with Gasteiger partial charge in [-0.05, 0) is 79.1 Å². The van der Waals surface area contributed by atoms with Crippen molar-refractivity contribution >= 4 is 23.9 Å². The number of allylic oxidation sites excluding steroid dienone is 4. The van der Waals surface area contributed by atoms with Crippen molar-refractivity contribution in [1.29, 1.82) is 5.26 Å². The molecule has 8 atom stereocenters. The Bertz CT molecular complexity index is 1230. The van der Waals surface area contributed by atoms with E-state index in [1.54, 1.807) is 0 Å². The van der Waals surface area contributed by atoms with E-state index in [1.165, 1.54) is 0 Å². The van der Waals surface area contributed by atoms with Gasteiger partial charge in [0.2, 0.25) is 12.3 Å². The van der Waals surface area contributed by atoms with Crippen molar-refractivity contribution in [1.82, 2.24) is 10.9 Å². The Morgan fingerprint density at radius 2 is 1.74 bits per heavy atom. The fraction of sp³-hybridized carbons (Fsp3) is 0.710. The highest BCUT2D eigenvalue weighted by atomic mass is 16.2. The van der Waals surface area contributed by atoms with Gasteiger partial charge in [-0.3, -0.25) is 30.0 Å². The lowest BCUT2D eigenvalue weighted by Gasteiger charge is -2.68. The lowest BCUT2D eigenvalue weighted by atomic mass is 9.35. The zero-order valence-corrected chi connectivity index (χ0v) is 23.6. The van der Waals surface area contributed by atoms with Crippen molar-refractivity contribution in [3.63, 3.8) is 0 Å². The van der Waals surface area contributed by atoms with Gasteiger partial charge >= 0.3 is 0 Å². The summed E-state index contributed by atoms with van der Waals surface area (Å²) < 4.78 is 0. The molecule has 0 aromatic rings. The highest BCUT2D eigenvalue weighted by Crippen LogP contribution is 2.73. The SMILES string of the molecule is C[C@@H]1C(=O)C(C#N)=C[C@]2(C)C3=CC(=O)C4C5CC(C)(C)CC[C@]5(C(=O)NNC=O)CC[C@@]4(C)[C@]3(C)CC[C@@H]12. The summed E-state index contributed by atoms with van der Waals surface area (Å²) in [6.07, 6.45) is 9.66. The highest BCUT2D eigenvalue weighted by Gasteiger charge is 2.70. The summed E-state index contributed by atoms with van der Waals surface area (Å²) in [6, 6.07) is 2.13. The quantitative estimate of drug-likeness (QED) is 0.418. The molecule has 5 rings (SSSR count). The summed E-state index contributed by atoms with van der Waals surface area (Å²) >= 11 is 0. The predicted octanol–water partition coefficient (Wildman–Crippen LogP) is 4.59. The maximum atomic E-state index is 14.4. The second-order valence-corrected chi connectivity index (χ2v) is 14.3. The van der Waals surface area contributed by atoms with Gasteiger partial charge in [0, 0.05) is 17.3 Å². The Morgan fingerprint density at radius 1 is 1.05 bits per heavy atom. The van der Waals surface area contributed by atoms with Crippen LogP contribution in [0.4, 0.5) is 0 Å². The molecule has 0 heterocycles. The zero-order chi connectivity index (χ0) is 27.9. The van der Waals surface area contributed by atoms with Crippen LogP contribution in [0.25, 0.3) is 0 Å². The van der Waals surface area contributed by atoms with Gasteiger partial charge in [0.15, 0.2) is 11.6 Å². The topological polar surface area (TPSA) is 116 Å². The van der Waals surface area contributed by atoms with Crippen molar-refractivity contribution in [2.75, 3.05) is 0 Å². The molecule has 38 heavy (non-hydrogen) atoms. The fourth-order valence-corrected chi connectivity index (χ4v) is 9.87. The van der Waals surface area contributed by atoms with E-state index in [-0.39, 0.29) is 63.0 Å². The molecule has 2 unspecified atom stereocenters. The smallest absolute Gasteiger partial charge is 0.244 e. The molecule has 7 nitrogen and oxygen atoms in total. The van der Waals surface area contributed by atoms with Crippen LogP contribution in [0.3, 0.4) is 0 Å². The highest BCUT2D eigenvalue weighted by molar-refractivity contribution is 6.02. The molecule has 0 bridgehead atoms. The molecule has 0 radical (unpaired) electrons. The number of Topliss-reactive ketones (excluding diaryl/α,β-unsaturated/α-hetero) is 1. The molecular formula is C31H41N3O4. The molecule has 0 aliphatic heterocycles. The van der Waals surface area contributed by atoms with E-state index in [2.05, 4.69) is 51.5 Å². The van der Waals surface area contributed by atoms with E-state index in [0.29, 0.717) is 19.3 Å². The molecule has 3 fully saturated rings. The minimum atomic E-state index is -0.701. The Balaban J connectivity index is 1.66. The lowest BCUT2D eigenvalue weighted by molar-refractivity contribution is -0.178. The Morgan fingerprint density at radius 3 is 2.39 bits per heavy atom. The van der Waals surface area contributed by atoms with Crippen LogP contribution in [0, 0.1) is 62.1 Å². The monoisotopic (exact) mass is 519 g/mol. The van der Waals surface area contributed by atoms with E-state index in [0.717, 1.165) is 37.7 Å². The number of rotatable bonds is 3. The lowest BCUT2D eigenvalue weighted by Crippen LogP contribution is -2.66. The molecule has 2 amide bonds. The molecule has 7 heteroatoms. The predicted molar refractivity (Wildman–Crippen MR) is 142 cm³/mol. The first-order chi connectivity index (χ1) is 17.7. The van der Waals surface area contributed by atoms with Crippen LogP contribution in [0.5, 0.6) is 0 Å². The number of nitrogens with zero attached hydrogens (tertiary/aromatic N) is 1. The number of amides is 2. The third-order valence-electron chi connectivity index (χ3n) is 12.2. The molecule has 0 aromatic heterocycles. The van der Waals surface area contributed by atoms with Gasteiger partial charge in [-0.1, -0.05) is 53.2 Å². The normalized spacial score (nSPS) is 45.1. The third kappa shape index (κ3) is 3.31. The van der Waals surface area contributed by atoms with Gasteiger partial charge < -0.3 is 0 Å². The maximum absolute atomic E-state index is 14.4. The summed E-state index contributed by atoms with van der Waals surface area (Å²) in [6.45, 7) is 13.0. The van der Waals surface area contributed by atoms with Crippen LogP contribution in [-0.4, -0.2) is 23.9 Å². The molecule has 0 aromatic carbocycles. The van der Waals surface area contributed by atoms with Crippen LogP contribution in [0.2, 0.25) is 0 Å². The second kappa shape index (κ2) is 8.37. The molecule has 0 spiro atoms. The number of nitriles is 1. The number of nitrogens with one attached hydrogen (secondary N) is 2. The van der Waals surface area contributed by atoms with Gasteiger partial charge in [-0.15, -0.1) is 0 Å². The Hall–Kier alpha value is -2.75. The van der Waals surface area contributed by atoms with Crippen molar-refractivity contribution in [3.8, 4) is 6.07 Å². The van der Waals surface area contributed by atoms with Crippen LogP contribution in [0.15, 0.2) is 23.3 Å². The first-order valence-electron chi connectivity index (χ1n) is 14.1. The molecule has 0 saturated heterocycles. The standard InChI is InChI=1S/C31H41N3O4/c1-18-20-7-8-29(5)23(28(20,4)14-19(16-32)25(18)37)13-22(36)24-21-15-27(2,3)9-11-31(21,12-10-30(24,29)6)26(38)34-33-17-35/h13-14,17-18,20-21,24H,7-12,15H2,1-6H3,(H,33,35)(H,34,38)/t18-,20-,21?,24?,28-,29+,30+,31-/m0/s1.